The summed E-state index contributed by atoms with van der Waals surface area (Å²) < 4.78 is 11.6. The Morgan fingerprint density at radius 3 is 2.85 bits per heavy atom. The van der Waals surface area contributed by atoms with Crippen LogP contribution in [0, 0.1) is 5.92 Å². The molecule has 2 atom stereocenters. The van der Waals surface area contributed by atoms with E-state index in [-0.39, 0.29) is 5.60 Å². The zero-order valence-corrected chi connectivity index (χ0v) is 13.6. The second kappa shape index (κ2) is 7.16. The molecule has 2 saturated heterocycles. The average molecular weight is 300 g/mol. The van der Waals surface area contributed by atoms with Crippen LogP contribution in [0.25, 0.3) is 0 Å². The van der Waals surface area contributed by atoms with Gasteiger partial charge in [-0.1, -0.05) is 26.1 Å². The van der Waals surface area contributed by atoms with Gasteiger partial charge in [0.05, 0.1) is 17.2 Å². The topological polar surface area (TPSA) is 47.7 Å². The van der Waals surface area contributed by atoms with Crippen molar-refractivity contribution in [3.8, 4) is 0 Å². The van der Waals surface area contributed by atoms with Gasteiger partial charge in [-0.3, -0.25) is 4.90 Å². The lowest BCUT2D eigenvalue weighted by molar-refractivity contribution is -0.107. The van der Waals surface area contributed by atoms with Gasteiger partial charge in [-0.2, -0.15) is 0 Å². The number of hydrogen-bond donors (Lipinski definition) is 1. The van der Waals surface area contributed by atoms with Gasteiger partial charge < -0.3 is 15.2 Å². The number of hydrogen-bond acceptors (Lipinski definition) is 4. The van der Waals surface area contributed by atoms with Crippen LogP contribution in [0.2, 0.25) is 0 Å². The molecule has 1 spiro atoms. The van der Waals surface area contributed by atoms with Crippen LogP contribution < -0.4 is 5.73 Å². The Labute approximate surface area is 128 Å². The lowest BCUT2D eigenvalue weighted by atomic mass is 9.88. The van der Waals surface area contributed by atoms with Crippen molar-refractivity contribution in [3.05, 3.63) is 0 Å². The molecule has 116 valence electrons. The number of nitrogens with two attached hydrogens (primary N) is 1. The average Bonchev–Trinajstić information content (AvgIpc) is 2.82. The van der Waals surface area contributed by atoms with Crippen LogP contribution in [-0.2, 0) is 9.47 Å². The fourth-order valence-corrected chi connectivity index (χ4v) is 3.41. The van der Waals surface area contributed by atoms with Gasteiger partial charge in [-0.05, 0) is 18.8 Å². The first kappa shape index (κ1) is 16.1. The van der Waals surface area contributed by atoms with E-state index in [2.05, 4.69) is 18.7 Å². The van der Waals surface area contributed by atoms with Crippen molar-refractivity contribution in [1.29, 1.82) is 0 Å². The molecule has 20 heavy (non-hydrogen) atoms. The molecule has 0 aromatic heterocycles. The Morgan fingerprint density at radius 2 is 2.25 bits per heavy atom. The summed E-state index contributed by atoms with van der Waals surface area (Å²) in [5, 5.41) is 0. The Hall–Kier alpha value is -0.230. The summed E-state index contributed by atoms with van der Waals surface area (Å²) in [6.07, 6.45) is 4.03. The van der Waals surface area contributed by atoms with E-state index in [4.69, 9.17) is 27.4 Å². The van der Waals surface area contributed by atoms with Gasteiger partial charge in [0.2, 0.25) is 0 Å². The van der Waals surface area contributed by atoms with E-state index in [0.717, 1.165) is 58.6 Å². The first-order valence-electron chi connectivity index (χ1n) is 7.75. The first-order valence-corrected chi connectivity index (χ1v) is 8.16. The summed E-state index contributed by atoms with van der Waals surface area (Å²) >= 11 is 5.04. The summed E-state index contributed by atoms with van der Waals surface area (Å²) in [6.45, 7) is 9.04. The minimum Gasteiger partial charge on any atom is -0.393 e. The quantitative estimate of drug-likeness (QED) is 0.760. The fourth-order valence-electron chi connectivity index (χ4n) is 3.32. The number of nitrogens with zero attached hydrogens (tertiary/aromatic N) is 1. The third-order valence-corrected chi connectivity index (χ3v) is 4.50. The maximum Gasteiger partial charge on any atom is 0.0951 e. The standard InChI is InChI=1S/C15H28N2O2S/c1-12(2)10-17(6-3-14(16)20)13-4-7-19-15(9-13)5-8-18-11-15/h12-13H,3-11H2,1-2H3,(H2,16,20). The second-order valence-corrected chi connectivity index (χ2v) is 7.11. The normalized spacial score (nSPS) is 30.5. The molecule has 0 radical (unpaired) electrons. The SMILES string of the molecule is CC(C)CN(CCC(N)=S)C1CCOC2(CCOC2)C1. The minimum atomic E-state index is -0.0264. The number of ether oxygens (including phenoxy) is 2. The summed E-state index contributed by atoms with van der Waals surface area (Å²) in [6, 6.07) is 0.571. The molecule has 0 aromatic rings. The van der Waals surface area contributed by atoms with Crippen LogP contribution in [0.5, 0.6) is 0 Å². The molecule has 5 heteroatoms. The zero-order chi connectivity index (χ0) is 14.6. The molecular weight excluding hydrogens is 272 g/mol. The van der Waals surface area contributed by atoms with Gasteiger partial charge >= 0.3 is 0 Å². The monoisotopic (exact) mass is 300 g/mol. The van der Waals surface area contributed by atoms with Crippen molar-refractivity contribution in [2.75, 3.05) is 32.9 Å². The predicted octanol–water partition coefficient (Wildman–Crippen LogP) is 1.96. The van der Waals surface area contributed by atoms with Crippen molar-refractivity contribution >= 4 is 17.2 Å². The van der Waals surface area contributed by atoms with Crippen LogP contribution >= 0.6 is 12.2 Å². The Balaban J connectivity index is 1.97. The lowest BCUT2D eigenvalue weighted by Crippen LogP contribution is -2.50. The molecular formula is C15H28N2O2S. The third kappa shape index (κ3) is 4.38. The maximum absolute atomic E-state index is 6.04. The fraction of sp³-hybridized carbons (Fsp3) is 0.933. The molecule has 2 heterocycles. The van der Waals surface area contributed by atoms with E-state index in [1.54, 1.807) is 0 Å². The highest BCUT2D eigenvalue weighted by molar-refractivity contribution is 7.80. The zero-order valence-electron chi connectivity index (χ0n) is 12.8. The van der Waals surface area contributed by atoms with Crippen molar-refractivity contribution in [2.24, 2.45) is 11.7 Å². The third-order valence-electron chi connectivity index (χ3n) is 4.30. The van der Waals surface area contributed by atoms with E-state index in [9.17, 15) is 0 Å². The van der Waals surface area contributed by atoms with E-state index in [1.807, 2.05) is 0 Å². The Morgan fingerprint density at radius 1 is 1.45 bits per heavy atom. The largest absolute Gasteiger partial charge is 0.393 e. The highest BCUT2D eigenvalue weighted by atomic mass is 32.1. The van der Waals surface area contributed by atoms with Crippen molar-refractivity contribution < 1.29 is 9.47 Å². The molecule has 2 aliphatic rings. The molecule has 2 fully saturated rings. The molecule has 2 N–H and O–H groups in total. The van der Waals surface area contributed by atoms with E-state index in [0.29, 0.717) is 16.9 Å². The van der Waals surface area contributed by atoms with Crippen LogP contribution in [0.4, 0.5) is 0 Å². The molecule has 2 unspecified atom stereocenters. The molecule has 2 aliphatic heterocycles. The van der Waals surface area contributed by atoms with E-state index in [1.165, 1.54) is 0 Å². The number of thiocarbonyl (C=S) groups is 1. The minimum absolute atomic E-state index is 0.0264. The van der Waals surface area contributed by atoms with Gasteiger partial charge in [0.15, 0.2) is 0 Å². The van der Waals surface area contributed by atoms with Gasteiger partial charge in [0.25, 0.3) is 0 Å². The summed E-state index contributed by atoms with van der Waals surface area (Å²) in [5.41, 5.74) is 5.65. The van der Waals surface area contributed by atoms with Crippen LogP contribution in [0.3, 0.4) is 0 Å². The maximum atomic E-state index is 6.04. The summed E-state index contributed by atoms with van der Waals surface area (Å²) in [7, 11) is 0. The van der Waals surface area contributed by atoms with Crippen molar-refractivity contribution in [3.63, 3.8) is 0 Å². The molecule has 0 aliphatic carbocycles. The van der Waals surface area contributed by atoms with Crippen molar-refractivity contribution in [2.45, 2.75) is 51.2 Å². The van der Waals surface area contributed by atoms with Crippen LogP contribution in [0.1, 0.15) is 39.5 Å². The van der Waals surface area contributed by atoms with Gasteiger partial charge in [-0.15, -0.1) is 0 Å². The van der Waals surface area contributed by atoms with Gasteiger partial charge in [0, 0.05) is 45.2 Å². The van der Waals surface area contributed by atoms with E-state index >= 15 is 0 Å². The van der Waals surface area contributed by atoms with Crippen LogP contribution in [0.15, 0.2) is 0 Å². The highest BCUT2D eigenvalue weighted by Gasteiger charge is 2.42. The Kier molecular flexibility index (Phi) is 5.78. The molecule has 4 nitrogen and oxygen atoms in total. The molecule has 0 aromatic carbocycles. The van der Waals surface area contributed by atoms with Gasteiger partial charge in [0.1, 0.15) is 0 Å². The Bertz CT molecular complexity index is 330. The summed E-state index contributed by atoms with van der Waals surface area (Å²) in [5.74, 6) is 0.653. The second-order valence-electron chi connectivity index (χ2n) is 6.59. The molecule has 0 bridgehead atoms. The number of rotatable bonds is 6. The smallest absolute Gasteiger partial charge is 0.0951 e. The van der Waals surface area contributed by atoms with Crippen LogP contribution in [-0.4, -0.2) is 54.4 Å². The highest BCUT2D eigenvalue weighted by Crippen LogP contribution is 2.35. The summed E-state index contributed by atoms with van der Waals surface area (Å²) in [4.78, 5) is 3.18. The lowest BCUT2D eigenvalue weighted by Gasteiger charge is -2.42. The van der Waals surface area contributed by atoms with Crippen molar-refractivity contribution in [1.82, 2.24) is 4.90 Å². The van der Waals surface area contributed by atoms with E-state index < -0.39 is 0 Å². The molecule has 0 amide bonds. The van der Waals surface area contributed by atoms with Gasteiger partial charge in [-0.25, -0.2) is 0 Å². The molecule has 2 rings (SSSR count). The first-order chi connectivity index (χ1) is 9.51. The predicted molar refractivity (Wildman–Crippen MR) is 85.0 cm³/mol. The molecule has 0 saturated carbocycles.